The van der Waals surface area contributed by atoms with Crippen molar-refractivity contribution in [3.63, 3.8) is 0 Å². The number of amides is 3. The van der Waals surface area contributed by atoms with Gasteiger partial charge in [0.2, 0.25) is 11.8 Å². The second-order valence-electron chi connectivity index (χ2n) is 16.2. The van der Waals surface area contributed by atoms with Gasteiger partial charge in [-0.15, -0.1) is 0 Å². The van der Waals surface area contributed by atoms with Crippen LogP contribution in [0.5, 0.6) is 0 Å². The molecule has 57 heavy (non-hydrogen) atoms. The number of likely N-dealkylation sites (tertiary alicyclic amines) is 1. The summed E-state index contributed by atoms with van der Waals surface area (Å²) < 4.78 is 10.9. The van der Waals surface area contributed by atoms with E-state index < -0.39 is 53.4 Å². The van der Waals surface area contributed by atoms with Crippen molar-refractivity contribution in [2.75, 3.05) is 33.9 Å². The second-order valence-corrected chi connectivity index (χ2v) is 17.6. The van der Waals surface area contributed by atoms with Crippen molar-refractivity contribution in [2.45, 2.75) is 141 Å². The summed E-state index contributed by atoms with van der Waals surface area (Å²) in [5.74, 6) is -2.75. The molecular formula is C43H69N5O8S. The first-order chi connectivity index (χ1) is 27.1. The standard InChI is InChI=1S/C43H69N5O8S/c1-10-12-21-48-22-17-16-20-35(48)40(52)45-38(29(5)11-2)41(53)47(8)36(28(3)4)25-37(56-30(6)50)43(7)46-34(27-57-43)39(51)44-33(23-31-18-14-13-15-19-31)24-32(26-49)42(54)55-9/h13-15,18-19,27-29,32-33,35-38,46,49H,10-12,16-17,20-26H2,1-9H3,(H,44,51)(H,45,52)/t29-,32+,33-,35+,36+,37+,38-,43?/m0/s1. The molecule has 13 nitrogen and oxygen atoms in total. The first-order valence-corrected chi connectivity index (χ1v) is 21.6. The van der Waals surface area contributed by atoms with Crippen LogP contribution in [0.4, 0.5) is 0 Å². The maximum Gasteiger partial charge on any atom is 0.311 e. The molecule has 8 atom stereocenters. The summed E-state index contributed by atoms with van der Waals surface area (Å²) in [4.78, 5) is 70.1. The van der Waals surface area contributed by atoms with Crippen LogP contribution < -0.4 is 16.0 Å². The molecule has 1 aromatic carbocycles. The van der Waals surface area contributed by atoms with Crippen molar-refractivity contribution >= 4 is 41.4 Å². The maximum absolute atomic E-state index is 14.5. The number of hydrogen-bond acceptors (Lipinski definition) is 11. The number of likely N-dealkylation sites (N-methyl/N-ethyl adjacent to an activating group) is 1. The number of esters is 2. The largest absolute Gasteiger partial charge is 0.469 e. The summed E-state index contributed by atoms with van der Waals surface area (Å²) >= 11 is 1.32. The number of thioether (sulfide) groups is 1. The van der Waals surface area contributed by atoms with Crippen molar-refractivity contribution in [2.24, 2.45) is 17.8 Å². The molecule has 3 rings (SSSR count). The van der Waals surface area contributed by atoms with Gasteiger partial charge in [-0.25, -0.2) is 0 Å². The molecule has 0 aliphatic carbocycles. The number of aliphatic hydroxyl groups is 1. The van der Waals surface area contributed by atoms with E-state index in [-0.39, 0.29) is 54.3 Å². The number of aliphatic hydroxyl groups excluding tert-OH is 1. The monoisotopic (exact) mass is 815 g/mol. The third-order valence-corrected chi connectivity index (χ3v) is 12.7. The molecule has 4 N–H and O–H groups in total. The van der Waals surface area contributed by atoms with Crippen molar-refractivity contribution in [1.29, 1.82) is 0 Å². The maximum atomic E-state index is 14.5. The van der Waals surface area contributed by atoms with E-state index in [2.05, 4.69) is 27.8 Å². The van der Waals surface area contributed by atoms with Gasteiger partial charge in [0.05, 0.1) is 25.7 Å². The topological polar surface area (TPSA) is 167 Å². The second kappa shape index (κ2) is 23.1. The van der Waals surface area contributed by atoms with Crippen LogP contribution in [0.2, 0.25) is 0 Å². The molecule has 0 aromatic heterocycles. The molecule has 3 amide bonds. The zero-order chi connectivity index (χ0) is 42.3. The molecule has 1 unspecified atom stereocenters. The molecule has 2 aliphatic rings. The minimum atomic E-state index is -0.975. The Bertz CT molecular complexity index is 1510. The molecule has 1 aromatic rings. The van der Waals surface area contributed by atoms with Crippen LogP contribution in [0.15, 0.2) is 41.4 Å². The highest BCUT2D eigenvalue weighted by molar-refractivity contribution is 8.03. The molecule has 0 spiro atoms. The van der Waals surface area contributed by atoms with Gasteiger partial charge in [0.1, 0.15) is 22.7 Å². The average molecular weight is 816 g/mol. The molecule has 1 saturated heterocycles. The fourth-order valence-corrected chi connectivity index (χ4v) is 8.79. The van der Waals surface area contributed by atoms with Gasteiger partial charge in [-0.05, 0) is 69.5 Å². The number of methoxy groups -OCH3 is 1. The number of ether oxygens (including phenoxy) is 2. The van der Waals surface area contributed by atoms with Gasteiger partial charge in [-0.2, -0.15) is 0 Å². The Morgan fingerprint density at radius 3 is 2.37 bits per heavy atom. The fourth-order valence-electron chi connectivity index (χ4n) is 7.80. The van der Waals surface area contributed by atoms with Gasteiger partial charge in [-0.1, -0.05) is 96.0 Å². The van der Waals surface area contributed by atoms with Crippen LogP contribution in [0, 0.1) is 17.8 Å². The molecule has 14 heteroatoms. The Kier molecular flexibility index (Phi) is 19.3. The third-order valence-electron chi connectivity index (χ3n) is 11.5. The number of rotatable bonds is 22. The number of carbonyl (C=O) groups is 5. The normalized spacial score (nSPS) is 21.5. The van der Waals surface area contributed by atoms with Gasteiger partial charge in [0.25, 0.3) is 5.91 Å². The lowest BCUT2D eigenvalue weighted by Gasteiger charge is -2.41. The van der Waals surface area contributed by atoms with E-state index >= 15 is 0 Å². The Hall–Kier alpha value is -3.62. The minimum absolute atomic E-state index is 0.0491. The number of carbonyl (C=O) groups excluding carboxylic acids is 5. The summed E-state index contributed by atoms with van der Waals surface area (Å²) in [6.45, 7) is 14.7. The van der Waals surface area contributed by atoms with Crippen LogP contribution in [0.1, 0.15) is 105 Å². The van der Waals surface area contributed by atoms with E-state index in [9.17, 15) is 29.1 Å². The van der Waals surface area contributed by atoms with E-state index in [0.29, 0.717) is 12.8 Å². The van der Waals surface area contributed by atoms with Gasteiger partial charge >= 0.3 is 11.9 Å². The SMILES string of the molecule is CCCCN1CCCC[C@@H]1C(=O)N[C@H](C(=O)N(C)[C@H](C[C@@H](OC(C)=O)C1(C)NC(C(=O)N[C@@H](Cc2ccccc2)C[C@H](CO)C(=O)OC)=CS1)C(C)C)[C@@H](C)CC. The molecule has 2 heterocycles. The number of nitrogens with one attached hydrogen (secondary N) is 3. The zero-order valence-corrected chi connectivity index (χ0v) is 36.5. The molecule has 2 aliphatic heterocycles. The Labute approximate surface area is 344 Å². The lowest BCUT2D eigenvalue weighted by atomic mass is 9.91. The predicted molar refractivity (Wildman–Crippen MR) is 224 cm³/mol. The lowest BCUT2D eigenvalue weighted by Crippen LogP contribution is -2.59. The number of nitrogens with zero attached hydrogens (tertiary/aromatic N) is 2. The van der Waals surface area contributed by atoms with Crippen molar-refractivity contribution in [3.05, 3.63) is 47.0 Å². The fraction of sp³-hybridized carbons (Fsp3) is 0.698. The van der Waals surface area contributed by atoms with E-state index in [4.69, 9.17) is 9.47 Å². The van der Waals surface area contributed by atoms with E-state index in [1.807, 2.05) is 65.0 Å². The number of hydrogen-bond donors (Lipinski definition) is 4. The van der Waals surface area contributed by atoms with Gasteiger partial charge < -0.3 is 35.4 Å². The van der Waals surface area contributed by atoms with Crippen LogP contribution >= 0.6 is 11.8 Å². The molecule has 0 bridgehead atoms. The average Bonchev–Trinajstić information content (AvgIpc) is 3.61. The van der Waals surface area contributed by atoms with Crippen molar-refractivity contribution in [1.82, 2.24) is 25.8 Å². The van der Waals surface area contributed by atoms with Crippen LogP contribution in [0.25, 0.3) is 0 Å². The third kappa shape index (κ3) is 13.7. The summed E-state index contributed by atoms with van der Waals surface area (Å²) in [6, 6.07) is 7.66. The van der Waals surface area contributed by atoms with Crippen LogP contribution in [0.3, 0.4) is 0 Å². The zero-order valence-electron chi connectivity index (χ0n) is 35.7. The molecule has 1 fully saturated rings. The summed E-state index contributed by atoms with van der Waals surface area (Å²) in [7, 11) is 3.02. The van der Waals surface area contributed by atoms with Crippen LogP contribution in [-0.2, 0) is 39.9 Å². The highest BCUT2D eigenvalue weighted by Crippen LogP contribution is 2.39. The lowest BCUT2D eigenvalue weighted by molar-refractivity contribution is -0.151. The molecule has 320 valence electrons. The Balaban J connectivity index is 1.80. The summed E-state index contributed by atoms with van der Waals surface area (Å²) in [5.41, 5.74) is 1.21. The quantitative estimate of drug-likeness (QED) is 0.119. The van der Waals surface area contributed by atoms with E-state index in [1.165, 1.54) is 25.8 Å². The number of benzene rings is 1. The van der Waals surface area contributed by atoms with Crippen molar-refractivity contribution in [3.8, 4) is 0 Å². The number of piperidine rings is 1. The van der Waals surface area contributed by atoms with Gasteiger partial charge in [0.15, 0.2) is 0 Å². The number of unbranched alkanes of at least 4 members (excludes halogenated alkanes) is 1. The molecule has 0 saturated carbocycles. The predicted octanol–water partition coefficient (Wildman–Crippen LogP) is 4.77. The first kappa shape index (κ1) is 47.8. The highest BCUT2D eigenvalue weighted by Gasteiger charge is 2.45. The van der Waals surface area contributed by atoms with Gasteiger partial charge in [-0.3, -0.25) is 28.9 Å². The molecular weight excluding hydrogens is 747 g/mol. The van der Waals surface area contributed by atoms with Crippen LogP contribution in [-0.4, -0.2) is 114 Å². The van der Waals surface area contributed by atoms with Gasteiger partial charge in [0, 0.05) is 37.9 Å². The minimum Gasteiger partial charge on any atom is -0.469 e. The first-order valence-electron chi connectivity index (χ1n) is 20.8. The van der Waals surface area contributed by atoms with E-state index in [1.54, 1.807) is 17.4 Å². The molecule has 0 radical (unpaired) electrons. The summed E-state index contributed by atoms with van der Waals surface area (Å²) in [6.07, 6.45) is 5.64. The Morgan fingerprint density at radius 1 is 1.07 bits per heavy atom. The smallest absolute Gasteiger partial charge is 0.311 e. The Morgan fingerprint density at radius 2 is 1.77 bits per heavy atom. The summed E-state index contributed by atoms with van der Waals surface area (Å²) in [5, 5.41) is 21.2. The highest BCUT2D eigenvalue weighted by atomic mass is 32.2. The van der Waals surface area contributed by atoms with Crippen molar-refractivity contribution < 1.29 is 38.6 Å². The van der Waals surface area contributed by atoms with E-state index in [0.717, 1.165) is 50.8 Å².